The van der Waals surface area contributed by atoms with Gasteiger partial charge in [-0.15, -0.1) is 0 Å². The first-order valence-corrected chi connectivity index (χ1v) is 4.63. The molecule has 0 bridgehead atoms. The summed E-state index contributed by atoms with van der Waals surface area (Å²) in [5.41, 5.74) is 0. The van der Waals surface area contributed by atoms with Crippen molar-refractivity contribution in [1.82, 2.24) is 5.32 Å². The zero-order chi connectivity index (χ0) is 8.65. The van der Waals surface area contributed by atoms with Crippen molar-refractivity contribution in [2.75, 3.05) is 19.7 Å². The van der Waals surface area contributed by atoms with Crippen LogP contribution < -0.4 is 5.32 Å². The van der Waals surface area contributed by atoms with Crippen LogP contribution in [-0.4, -0.2) is 25.8 Å². The predicted octanol–water partition coefficient (Wildman–Crippen LogP) is 1.06. The van der Waals surface area contributed by atoms with E-state index in [2.05, 4.69) is 11.4 Å². The van der Waals surface area contributed by atoms with Crippen molar-refractivity contribution in [3.05, 3.63) is 0 Å². The van der Waals surface area contributed by atoms with E-state index in [0.29, 0.717) is 12.5 Å². The van der Waals surface area contributed by atoms with Gasteiger partial charge < -0.3 is 10.1 Å². The fourth-order valence-electron chi connectivity index (χ4n) is 1.38. The Morgan fingerprint density at radius 3 is 3.08 bits per heavy atom. The van der Waals surface area contributed by atoms with Crippen molar-refractivity contribution < 1.29 is 4.74 Å². The Balaban J connectivity index is 1.95. The minimum atomic E-state index is 0.387. The van der Waals surface area contributed by atoms with Gasteiger partial charge >= 0.3 is 0 Å². The van der Waals surface area contributed by atoms with Crippen molar-refractivity contribution in [2.45, 2.75) is 31.8 Å². The average Bonchev–Trinajstić information content (AvgIpc) is 2.14. The Bertz CT molecular complexity index is 147. The number of rotatable bonds is 4. The van der Waals surface area contributed by atoms with Crippen LogP contribution in [0.2, 0.25) is 0 Å². The Morgan fingerprint density at radius 1 is 1.50 bits per heavy atom. The fraction of sp³-hybridized carbons (Fsp3) is 0.889. The second-order valence-electron chi connectivity index (χ2n) is 3.10. The highest BCUT2D eigenvalue weighted by Gasteiger charge is 2.12. The van der Waals surface area contributed by atoms with E-state index in [1.54, 1.807) is 0 Å². The molecule has 1 atom stereocenters. The summed E-state index contributed by atoms with van der Waals surface area (Å²) >= 11 is 0. The molecule has 12 heavy (non-hydrogen) atoms. The standard InChI is InChI=1S/C9H16N2O/c10-5-3-6-11-8-9-4-1-2-7-12-9/h9,11H,1-4,6-8H2. The van der Waals surface area contributed by atoms with Crippen molar-refractivity contribution >= 4 is 0 Å². The summed E-state index contributed by atoms with van der Waals surface area (Å²) < 4.78 is 5.51. The molecule has 0 aromatic heterocycles. The maximum absolute atomic E-state index is 8.28. The van der Waals surface area contributed by atoms with Crippen LogP contribution in [0.5, 0.6) is 0 Å². The zero-order valence-electron chi connectivity index (χ0n) is 7.38. The maximum atomic E-state index is 8.28. The first kappa shape index (κ1) is 9.50. The van der Waals surface area contributed by atoms with Gasteiger partial charge in [-0.2, -0.15) is 5.26 Å². The van der Waals surface area contributed by atoms with Gasteiger partial charge in [-0.25, -0.2) is 0 Å². The molecule has 0 radical (unpaired) electrons. The second kappa shape index (κ2) is 5.99. The first-order chi connectivity index (χ1) is 5.93. The highest BCUT2D eigenvalue weighted by molar-refractivity contribution is 4.72. The number of nitriles is 1. The predicted molar refractivity (Wildman–Crippen MR) is 46.7 cm³/mol. The summed E-state index contributed by atoms with van der Waals surface area (Å²) in [5.74, 6) is 0. The van der Waals surface area contributed by atoms with Gasteiger partial charge in [-0.05, 0) is 19.3 Å². The van der Waals surface area contributed by atoms with Crippen LogP contribution in [0.4, 0.5) is 0 Å². The molecule has 1 aliphatic rings. The summed E-state index contributed by atoms with van der Waals surface area (Å²) in [6.07, 6.45) is 4.63. The smallest absolute Gasteiger partial charge is 0.0699 e. The molecule has 0 spiro atoms. The van der Waals surface area contributed by atoms with Gasteiger partial charge in [-0.3, -0.25) is 0 Å². The molecular formula is C9H16N2O. The van der Waals surface area contributed by atoms with Gasteiger partial charge in [0.15, 0.2) is 0 Å². The normalized spacial score (nSPS) is 23.4. The summed E-state index contributed by atoms with van der Waals surface area (Å²) in [7, 11) is 0. The van der Waals surface area contributed by atoms with Gasteiger partial charge in [0.2, 0.25) is 0 Å². The number of nitrogens with one attached hydrogen (secondary N) is 1. The molecule has 1 rings (SSSR count). The summed E-state index contributed by atoms with van der Waals surface area (Å²) in [6, 6.07) is 2.10. The average molecular weight is 168 g/mol. The van der Waals surface area contributed by atoms with Crippen molar-refractivity contribution in [2.24, 2.45) is 0 Å². The summed E-state index contributed by atoms with van der Waals surface area (Å²) in [4.78, 5) is 0. The molecule has 1 aliphatic heterocycles. The lowest BCUT2D eigenvalue weighted by molar-refractivity contribution is 0.0171. The monoisotopic (exact) mass is 168 g/mol. The minimum absolute atomic E-state index is 0.387. The molecule has 3 heteroatoms. The SMILES string of the molecule is N#CCCNCC1CCCCO1. The highest BCUT2D eigenvalue weighted by atomic mass is 16.5. The Kier molecular flexibility index (Phi) is 4.74. The molecule has 1 fully saturated rings. The second-order valence-corrected chi connectivity index (χ2v) is 3.10. The first-order valence-electron chi connectivity index (χ1n) is 4.63. The molecule has 1 N–H and O–H groups in total. The lowest BCUT2D eigenvalue weighted by Gasteiger charge is -2.22. The van der Waals surface area contributed by atoms with Gasteiger partial charge in [-0.1, -0.05) is 0 Å². The van der Waals surface area contributed by atoms with E-state index in [1.165, 1.54) is 19.3 Å². The number of hydrogen-bond donors (Lipinski definition) is 1. The molecule has 1 heterocycles. The molecular weight excluding hydrogens is 152 g/mol. The van der Waals surface area contributed by atoms with Gasteiger partial charge in [0.25, 0.3) is 0 Å². The van der Waals surface area contributed by atoms with E-state index in [1.807, 2.05) is 0 Å². The molecule has 0 aromatic carbocycles. The lowest BCUT2D eigenvalue weighted by atomic mass is 10.1. The topological polar surface area (TPSA) is 45.0 Å². The number of hydrogen-bond acceptors (Lipinski definition) is 3. The fourth-order valence-corrected chi connectivity index (χ4v) is 1.38. The van der Waals surface area contributed by atoms with E-state index < -0.39 is 0 Å². The van der Waals surface area contributed by atoms with Gasteiger partial charge in [0, 0.05) is 26.1 Å². The number of ether oxygens (including phenoxy) is 1. The maximum Gasteiger partial charge on any atom is 0.0699 e. The Labute approximate surface area is 73.7 Å². The molecule has 1 saturated heterocycles. The highest BCUT2D eigenvalue weighted by Crippen LogP contribution is 2.11. The molecule has 0 aromatic rings. The Hall–Kier alpha value is -0.590. The van der Waals surface area contributed by atoms with Crippen LogP contribution in [0.25, 0.3) is 0 Å². The quantitative estimate of drug-likeness (QED) is 0.638. The third kappa shape index (κ3) is 3.70. The van der Waals surface area contributed by atoms with Crippen LogP contribution in [-0.2, 0) is 4.74 Å². The van der Waals surface area contributed by atoms with Crippen LogP contribution in [0.3, 0.4) is 0 Å². The summed E-state index contributed by atoms with van der Waals surface area (Å²) in [6.45, 7) is 2.60. The third-order valence-electron chi connectivity index (χ3n) is 2.06. The van der Waals surface area contributed by atoms with Crippen LogP contribution in [0, 0.1) is 11.3 Å². The molecule has 68 valence electrons. The summed E-state index contributed by atoms with van der Waals surface area (Å²) in [5, 5.41) is 11.5. The molecule has 3 nitrogen and oxygen atoms in total. The molecule has 0 aliphatic carbocycles. The molecule has 1 unspecified atom stereocenters. The van der Waals surface area contributed by atoms with Crippen LogP contribution in [0.15, 0.2) is 0 Å². The molecule has 0 saturated carbocycles. The van der Waals surface area contributed by atoms with Crippen molar-refractivity contribution in [1.29, 1.82) is 5.26 Å². The van der Waals surface area contributed by atoms with Gasteiger partial charge in [0.05, 0.1) is 12.2 Å². The number of nitrogens with zero attached hydrogens (tertiary/aromatic N) is 1. The minimum Gasteiger partial charge on any atom is -0.377 e. The Morgan fingerprint density at radius 2 is 2.42 bits per heavy atom. The third-order valence-corrected chi connectivity index (χ3v) is 2.06. The van der Waals surface area contributed by atoms with E-state index in [0.717, 1.165) is 19.7 Å². The van der Waals surface area contributed by atoms with Crippen LogP contribution in [0.1, 0.15) is 25.7 Å². The molecule has 0 amide bonds. The van der Waals surface area contributed by atoms with E-state index in [4.69, 9.17) is 10.00 Å². The largest absolute Gasteiger partial charge is 0.377 e. The van der Waals surface area contributed by atoms with E-state index in [9.17, 15) is 0 Å². The van der Waals surface area contributed by atoms with Crippen molar-refractivity contribution in [3.63, 3.8) is 0 Å². The lowest BCUT2D eigenvalue weighted by Crippen LogP contribution is -2.32. The van der Waals surface area contributed by atoms with E-state index in [-0.39, 0.29) is 0 Å². The van der Waals surface area contributed by atoms with Crippen LogP contribution >= 0.6 is 0 Å². The zero-order valence-corrected chi connectivity index (χ0v) is 7.38. The van der Waals surface area contributed by atoms with Crippen molar-refractivity contribution in [3.8, 4) is 6.07 Å². The van der Waals surface area contributed by atoms with Gasteiger partial charge in [0.1, 0.15) is 0 Å². The van der Waals surface area contributed by atoms with E-state index >= 15 is 0 Å².